The van der Waals surface area contributed by atoms with Gasteiger partial charge in [0.1, 0.15) is 11.5 Å². The Hall–Kier alpha value is -2.00. The van der Waals surface area contributed by atoms with Gasteiger partial charge in [0.2, 0.25) is 0 Å². The highest BCUT2D eigenvalue weighted by Gasteiger charge is 2.40. The van der Waals surface area contributed by atoms with Crippen molar-refractivity contribution in [1.82, 2.24) is 0 Å². The molecule has 0 aromatic heterocycles. The Kier molecular flexibility index (Phi) is 3.38. The van der Waals surface area contributed by atoms with Crippen LogP contribution in [0.15, 0.2) is 60.7 Å². The maximum absolute atomic E-state index is 5.92. The molecule has 3 heteroatoms. The molecule has 0 saturated carbocycles. The van der Waals surface area contributed by atoms with Crippen LogP contribution < -0.4 is 9.47 Å². The highest BCUT2D eigenvalue weighted by molar-refractivity contribution is 5.24. The maximum atomic E-state index is 5.92. The average molecular weight is 256 g/mol. The van der Waals surface area contributed by atoms with Crippen LogP contribution in [0.25, 0.3) is 0 Å². The zero-order valence-electron chi connectivity index (χ0n) is 10.6. The van der Waals surface area contributed by atoms with Gasteiger partial charge in [-0.1, -0.05) is 36.4 Å². The van der Waals surface area contributed by atoms with E-state index in [9.17, 15) is 0 Å². The van der Waals surface area contributed by atoms with Crippen molar-refractivity contribution >= 4 is 0 Å². The second-order valence-electron chi connectivity index (χ2n) is 4.47. The molecule has 1 heterocycles. The molecule has 0 spiro atoms. The molecule has 0 unspecified atom stereocenters. The lowest BCUT2D eigenvalue weighted by atomic mass is 10.3. The summed E-state index contributed by atoms with van der Waals surface area (Å²) in [5, 5.41) is 0. The van der Waals surface area contributed by atoms with Crippen molar-refractivity contribution in [2.45, 2.75) is 18.8 Å². The quantitative estimate of drug-likeness (QED) is 0.782. The van der Waals surface area contributed by atoms with E-state index in [0.29, 0.717) is 6.61 Å². The van der Waals surface area contributed by atoms with Crippen LogP contribution in [0.2, 0.25) is 0 Å². The fourth-order valence-electron chi connectivity index (χ4n) is 2.11. The topological polar surface area (TPSA) is 27.7 Å². The third-order valence-corrected chi connectivity index (χ3v) is 2.98. The van der Waals surface area contributed by atoms with E-state index in [1.54, 1.807) is 0 Å². The number of para-hydroxylation sites is 2. The van der Waals surface area contributed by atoms with Crippen LogP contribution in [0.3, 0.4) is 0 Å². The van der Waals surface area contributed by atoms with Gasteiger partial charge >= 0.3 is 5.97 Å². The number of hydrogen-bond acceptors (Lipinski definition) is 3. The molecule has 2 aromatic rings. The molecule has 1 aliphatic rings. The van der Waals surface area contributed by atoms with E-state index in [1.807, 2.05) is 60.7 Å². The van der Waals surface area contributed by atoms with Gasteiger partial charge in [-0.3, -0.25) is 0 Å². The number of rotatable bonds is 4. The predicted molar refractivity (Wildman–Crippen MR) is 72.1 cm³/mol. The van der Waals surface area contributed by atoms with Crippen molar-refractivity contribution in [1.29, 1.82) is 0 Å². The number of ether oxygens (including phenoxy) is 3. The van der Waals surface area contributed by atoms with Crippen molar-refractivity contribution < 1.29 is 14.2 Å². The minimum atomic E-state index is -0.997. The van der Waals surface area contributed by atoms with E-state index in [2.05, 4.69) is 0 Å². The van der Waals surface area contributed by atoms with Gasteiger partial charge in [0.15, 0.2) is 0 Å². The van der Waals surface area contributed by atoms with Gasteiger partial charge in [-0.25, -0.2) is 0 Å². The standard InChI is InChI=1S/C16H16O3/c1-3-8-14(9-4-1)18-16(12-7-13-17-16)19-15-10-5-2-6-11-15/h1-6,8-11H,7,12-13H2. The molecular formula is C16H16O3. The molecular weight excluding hydrogens is 240 g/mol. The lowest BCUT2D eigenvalue weighted by Gasteiger charge is -2.29. The molecule has 3 rings (SSSR count). The monoisotopic (exact) mass is 256 g/mol. The molecule has 2 aromatic carbocycles. The molecule has 1 fully saturated rings. The second-order valence-corrected chi connectivity index (χ2v) is 4.47. The largest absolute Gasteiger partial charge is 0.430 e. The highest BCUT2D eigenvalue weighted by Crippen LogP contribution is 2.31. The van der Waals surface area contributed by atoms with Crippen molar-refractivity contribution in [2.75, 3.05) is 6.61 Å². The molecule has 1 saturated heterocycles. The van der Waals surface area contributed by atoms with E-state index < -0.39 is 5.97 Å². The van der Waals surface area contributed by atoms with E-state index >= 15 is 0 Å². The molecule has 1 aliphatic heterocycles. The second kappa shape index (κ2) is 5.33. The summed E-state index contributed by atoms with van der Waals surface area (Å²) in [7, 11) is 0. The van der Waals surface area contributed by atoms with E-state index in [4.69, 9.17) is 14.2 Å². The minimum absolute atomic E-state index is 0.652. The molecule has 0 aliphatic carbocycles. The average Bonchev–Trinajstić information content (AvgIpc) is 2.89. The van der Waals surface area contributed by atoms with Crippen molar-refractivity contribution in [3.63, 3.8) is 0 Å². The van der Waals surface area contributed by atoms with E-state index in [-0.39, 0.29) is 0 Å². The fraction of sp³-hybridized carbons (Fsp3) is 0.250. The third kappa shape index (κ3) is 2.88. The lowest BCUT2D eigenvalue weighted by Crippen LogP contribution is -2.41. The summed E-state index contributed by atoms with van der Waals surface area (Å²) < 4.78 is 17.5. The molecule has 0 N–H and O–H groups in total. The zero-order chi connectivity index (χ0) is 13.0. The summed E-state index contributed by atoms with van der Waals surface area (Å²) in [6.45, 7) is 0.652. The summed E-state index contributed by atoms with van der Waals surface area (Å²) in [4.78, 5) is 0. The summed E-state index contributed by atoms with van der Waals surface area (Å²) in [5.74, 6) is 0.503. The maximum Gasteiger partial charge on any atom is 0.371 e. The first-order valence-electron chi connectivity index (χ1n) is 6.48. The Bertz CT molecular complexity index is 461. The normalized spacial score (nSPS) is 17.1. The Morgan fingerprint density at radius 3 is 1.74 bits per heavy atom. The van der Waals surface area contributed by atoms with Crippen LogP contribution in [0, 0.1) is 0 Å². The molecule has 3 nitrogen and oxygen atoms in total. The summed E-state index contributed by atoms with van der Waals surface area (Å²) in [6, 6.07) is 19.2. The highest BCUT2D eigenvalue weighted by atomic mass is 16.9. The molecule has 0 bridgehead atoms. The third-order valence-electron chi connectivity index (χ3n) is 2.98. The summed E-state index contributed by atoms with van der Waals surface area (Å²) >= 11 is 0. The Morgan fingerprint density at radius 1 is 0.789 bits per heavy atom. The first-order valence-corrected chi connectivity index (χ1v) is 6.48. The molecule has 98 valence electrons. The number of hydrogen-bond donors (Lipinski definition) is 0. The van der Waals surface area contributed by atoms with Crippen LogP contribution in [-0.4, -0.2) is 12.6 Å². The van der Waals surface area contributed by atoms with Crippen LogP contribution in [0.5, 0.6) is 11.5 Å². The first kappa shape index (κ1) is 12.1. The van der Waals surface area contributed by atoms with Gasteiger partial charge in [-0.15, -0.1) is 0 Å². The SMILES string of the molecule is c1ccc(OC2(Oc3ccccc3)CCCO2)cc1. The smallest absolute Gasteiger partial charge is 0.371 e. The molecule has 0 radical (unpaired) electrons. The molecule has 0 amide bonds. The van der Waals surface area contributed by atoms with Crippen molar-refractivity contribution in [3.8, 4) is 11.5 Å². The minimum Gasteiger partial charge on any atom is -0.430 e. The number of benzene rings is 2. The van der Waals surface area contributed by atoms with Crippen LogP contribution in [0.4, 0.5) is 0 Å². The Morgan fingerprint density at radius 2 is 1.32 bits per heavy atom. The van der Waals surface area contributed by atoms with Crippen LogP contribution >= 0.6 is 0 Å². The molecule has 19 heavy (non-hydrogen) atoms. The van der Waals surface area contributed by atoms with Crippen molar-refractivity contribution in [2.24, 2.45) is 0 Å². The Labute approximate surface area is 112 Å². The fourth-order valence-corrected chi connectivity index (χ4v) is 2.11. The first-order chi connectivity index (χ1) is 9.36. The zero-order valence-corrected chi connectivity index (χ0v) is 10.6. The van der Waals surface area contributed by atoms with Crippen LogP contribution in [-0.2, 0) is 4.74 Å². The van der Waals surface area contributed by atoms with Gasteiger partial charge < -0.3 is 14.2 Å². The van der Waals surface area contributed by atoms with Crippen LogP contribution in [0.1, 0.15) is 12.8 Å². The summed E-state index contributed by atoms with van der Waals surface area (Å²) in [6.07, 6.45) is 1.65. The van der Waals surface area contributed by atoms with Gasteiger partial charge in [0.05, 0.1) is 13.0 Å². The molecule has 0 atom stereocenters. The Balaban J connectivity index is 1.79. The predicted octanol–water partition coefficient (Wildman–Crippen LogP) is 3.61. The van der Waals surface area contributed by atoms with Gasteiger partial charge in [-0.2, -0.15) is 0 Å². The van der Waals surface area contributed by atoms with E-state index in [1.165, 1.54) is 0 Å². The van der Waals surface area contributed by atoms with Gasteiger partial charge in [0.25, 0.3) is 0 Å². The van der Waals surface area contributed by atoms with Gasteiger partial charge in [-0.05, 0) is 30.7 Å². The van der Waals surface area contributed by atoms with Gasteiger partial charge in [0, 0.05) is 0 Å². The van der Waals surface area contributed by atoms with Crippen molar-refractivity contribution in [3.05, 3.63) is 60.7 Å². The van der Waals surface area contributed by atoms with E-state index in [0.717, 1.165) is 24.3 Å². The lowest BCUT2D eigenvalue weighted by molar-refractivity contribution is -0.275. The summed E-state index contributed by atoms with van der Waals surface area (Å²) in [5.41, 5.74) is 0.